The summed E-state index contributed by atoms with van der Waals surface area (Å²) in [5.74, 6) is -0.241. The second-order valence-corrected chi connectivity index (χ2v) is 6.18. The van der Waals surface area contributed by atoms with E-state index in [1.54, 1.807) is 23.5 Å². The first kappa shape index (κ1) is 12.7. The van der Waals surface area contributed by atoms with Crippen LogP contribution in [0, 0.1) is 12.7 Å². The van der Waals surface area contributed by atoms with Crippen molar-refractivity contribution in [2.75, 3.05) is 0 Å². The van der Waals surface area contributed by atoms with Gasteiger partial charge in [0.05, 0.1) is 4.47 Å². The van der Waals surface area contributed by atoms with Crippen molar-refractivity contribution >= 4 is 27.3 Å². The van der Waals surface area contributed by atoms with E-state index in [9.17, 15) is 4.39 Å². The van der Waals surface area contributed by atoms with Gasteiger partial charge in [0.15, 0.2) is 0 Å². The van der Waals surface area contributed by atoms with Crippen LogP contribution in [0.15, 0.2) is 34.8 Å². The fourth-order valence-electron chi connectivity index (χ4n) is 1.67. The second kappa shape index (κ2) is 5.29. The van der Waals surface area contributed by atoms with Crippen LogP contribution in [0.3, 0.4) is 0 Å². The van der Waals surface area contributed by atoms with Crippen molar-refractivity contribution in [3.05, 3.63) is 55.9 Å². The molecule has 0 amide bonds. The number of halogens is 2. The molecule has 0 spiro atoms. The van der Waals surface area contributed by atoms with E-state index in [2.05, 4.69) is 35.0 Å². The minimum atomic E-state index is -0.241. The molecule has 17 heavy (non-hydrogen) atoms. The van der Waals surface area contributed by atoms with Crippen molar-refractivity contribution in [3.63, 3.8) is 0 Å². The molecular weight excluding hydrogens is 301 g/mol. The average molecular weight is 314 g/mol. The van der Waals surface area contributed by atoms with Gasteiger partial charge in [-0.25, -0.2) is 4.39 Å². The quantitative estimate of drug-likeness (QED) is 0.903. The molecule has 2 rings (SSSR count). The molecule has 0 aliphatic carbocycles. The van der Waals surface area contributed by atoms with Crippen molar-refractivity contribution in [2.24, 2.45) is 5.73 Å². The maximum absolute atomic E-state index is 13.1. The van der Waals surface area contributed by atoms with Crippen LogP contribution in [0.25, 0.3) is 0 Å². The highest BCUT2D eigenvalue weighted by atomic mass is 79.9. The highest BCUT2D eigenvalue weighted by Gasteiger charge is 2.10. The average Bonchev–Trinajstić information content (AvgIpc) is 2.70. The zero-order valence-corrected chi connectivity index (χ0v) is 11.8. The Labute approximate surface area is 113 Å². The van der Waals surface area contributed by atoms with Gasteiger partial charge in [0, 0.05) is 15.8 Å². The van der Waals surface area contributed by atoms with Crippen LogP contribution in [0.2, 0.25) is 0 Å². The number of hydrogen-bond donors (Lipinski definition) is 1. The van der Waals surface area contributed by atoms with Gasteiger partial charge in [-0.3, -0.25) is 0 Å². The first-order valence-corrected chi connectivity index (χ1v) is 6.93. The van der Waals surface area contributed by atoms with Crippen molar-refractivity contribution in [1.82, 2.24) is 0 Å². The molecule has 0 aliphatic rings. The van der Waals surface area contributed by atoms with Crippen molar-refractivity contribution < 1.29 is 4.39 Å². The Hall–Kier alpha value is -0.710. The molecule has 2 aromatic rings. The smallest absolute Gasteiger partial charge is 0.137 e. The standard InChI is InChI=1S/C13H13BrFNS/c1-8-2-5-13(17-8)12(16)7-9-3-4-11(15)10(14)6-9/h2-6,12H,7,16H2,1H3. The zero-order chi connectivity index (χ0) is 12.4. The third-order valence-corrected chi connectivity index (χ3v) is 4.31. The minimum Gasteiger partial charge on any atom is -0.323 e. The molecule has 1 heterocycles. The lowest BCUT2D eigenvalue weighted by molar-refractivity contribution is 0.619. The summed E-state index contributed by atoms with van der Waals surface area (Å²) in [5.41, 5.74) is 7.17. The van der Waals surface area contributed by atoms with Gasteiger partial charge in [-0.1, -0.05) is 6.07 Å². The van der Waals surface area contributed by atoms with Gasteiger partial charge in [0.1, 0.15) is 5.82 Å². The third-order valence-electron chi connectivity index (χ3n) is 2.57. The van der Waals surface area contributed by atoms with Gasteiger partial charge < -0.3 is 5.73 Å². The van der Waals surface area contributed by atoms with E-state index in [4.69, 9.17) is 5.73 Å². The summed E-state index contributed by atoms with van der Waals surface area (Å²) in [4.78, 5) is 2.43. The summed E-state index contributed by atoms with van der Waals surface area (Å²) < 4.78 is 13.6. The Balaban J connectivity index is 2.12. The topological polar surface area (TPSA) is 26.0 Å². The summed E-state index contributed by atoms with van der Waals surface area (Å²) in [5, 5.41) is 0. The SMILES string of the molecule is Cc1ccc(C(N)Cc2ccc(F)c(Br)c2)s1. The first-order chi connectivity index (χ1) is 8.06. The molecule has 90 valence electrons. The number of aryl methyl sites for hydroxylation is 1. The van der Waals surface area contributed by atoms with Crippen molar-refractivity contribution in [3.8, 4) is 0 Å². The van der Waals surface area contributed by atoms with Crippen LogP contribution in [-0.2, 0) is 6.42 Å². The summed E-state index contributed by atoms with van der Waals surface area (Å²) in [6.07, 6.45) is 0.721. The minimum absolute atomic E-state index is 0.0222. The van der Waals surface area contributed by atoms with E-state index >= 15 is 0 Å². The molecule has 0 aliphatic heterocycles. The summed E-state index contributed by atoms with van der Waals surface area (Å²) >= 11 is 4.89. The number of rotatable bonds is 3. The Morgan fingerprint density at radius 1 is 1.35 bits per heavy atom. The number of thiophene rings is 1. The first-order valence-electron chi connectivity index (χ1n) is 5.32. The Bertz CT molecular complexity index is 524. The second-order valence-electron chi connectivity index (χ2n) is 4.01. The molecule has 4 heteroatoms. The molecule has 1 atom stereocenters. The number of hydrogen-bond acceptors (Lipinski definition) is 2. The number of nitrogens with two attached hydrogens (primary N) is 1. The summed E-state index contributed by atoms with van der Waals surface area (Å²) in [7, 11) is 0. The van der Waals surface area contributed by atoms with Gasteiger partial charge in [-0.05, 0) is 59.1 Å². The molecule has 1 unspecified atom stereocenters. The molecule has 0 fully saturated rings. The monoisotopic (exact) mass is 313 g/mol. The van der Waals surface area contributed by atoms with Crippen LogP contribution >= 0.6 is 27.3 Å². The highest BCUT2D eigenvalue weighted by Crippen LogP contribution is 2.25. The van der Waals surface area contributed by atoms with Crippen LogP contribution in [0.5, 0.6) is 0 Å². The van der Waals surface area contributed by atoms with Crippen LogP contribution in [0.4, 0.5) is 4.39 Å². The van der Waals surface area contributed by atoms with Gasteiger partial charge in [-0.15, -0.1) is 11.3 Å². The van der Waals surface area contributed by atoms with E-state index in [0.717, 1.165) is 12.0 Å². The van der Waals surface area contributed by atoms with Gasteiger partial charge in [0.2, 0.25) is 0 Å². The Morgan fingerprint density at radius 2 is 2.12 bits per heavy atom. The van der Waals surface area contributed by atoms with Crippen LogP contribution in [0.1, 0.15) is 21.4 Å². The van der Waals surface area contributed by atoms with E-state index in [1.807, 2.05) is 0 Å². The molecule has 1 aromatic heterocycles. The predicted octanol–water partition coefficient (Wildman–Crippen LogP) is 4.20. The van der Waals surface area contributed by atoms with E-state index < -0.39 is 0 Å². The Kier molecular flexibility index (Phi) is 3.97. The molecule has 0 bridgehead atoms. The summed E-state index contributed by atoms with van der Waals surface area (Å²) in [6, 6.07) is 9.14. The largest absolute Gasteiger partial charge is 0.323 e. The number of benzene rings is 1. The van der Waals surface area contributed by atoms with Crippen molar-refractivity contribution in [2.45, 2.75) is 19.4 Å². The fraction of sp³-hybridized carbons (Fsp3) is 0.231. The van der Waals surface area contributed by atoms with Crippen LogP contribution in [-0.4, -0.2) is 0 Å². The Morgan fingerprint density at radius 3 is 2.71 bits per heavy atom. The van der Waals surface area contributed by atoms with Gasteiger partial charge >= 0.3 is 0 Å². The lowest BCUT2D eigenvalue weighted by Crippen LogP contribution is -2.11. The maximum atomic E-state index is 13.1. The maximum Gasteiger partial charge on any atom is 0.137 e. The van der Waals surface area contributed by atoms with E-state index in [1.165, 1.54) is 15.8 Å². The van der Waals surface area contributed by atoms with Crippen LogP contribution < -0.4 is 5.73 Å². The lowest BCUT2D eigenvalue weighted by Gasteiger charge is -2.10. The molecule has 2 N–H and O–H groups in total. The molecule has 1 aromatic carbocycles. The molecular formula is C13H13BrFNS. The molecule has 1 nitrogen and oxygen atoms in total. The summed E-state index contributed by atoms with van der Waals surface area (Å²) in [6.45, 7) is 2.06. The van der Waals surface area contributed by atoms with Gasteiger partial charge in [-0.2, -0.15) is 0 Å². The fourth-order valence-corrected chi connectivity index (χ4v) is 2.98. The van der Waals surface area contributed by atoms with E-state index in [0.29, 0.717) is 4.47 Å². The van der Waals surface area contributed by atoms with Crippen molar-refractivity contribution in [1.29, 1.82) is 0 Å². The third kappa shape index (κ3) is 3.15. The molecule has 0 radical (unpaired) electrons. The molecule has 0 saturated carbocycles. The normalized spacial score (nSPS) is 12.7. The zero-order valence-electron chi connectivity index (χ0n) is 9.41. The van der Waals surface area contributed by atoms with Gasteiger partial charge in [0.25, 0.3) is 0 Å². The van der Waals surface area contributed by atoms with E-state index in [-0.39, 0.29) is 11.9 Å². The molecule has 0 saturated heterocycles. The lowest BCUT2D eigenvalue weighted by atomic mass is 10.1. The highest BCUT2D eigenvalue weighted by molar-refractivity contribution is 9.10. The predicted molar refractivity (Wildman–Crippen MR) is 73.8 cm³/mol.